The smallest absolute Gasteiger partial charge is 0.351 e. The molecular formula is C16H12F3N3O. The fourth-order valence-electron chi connectivity index (χ4n) is 2.25. The average Bonchev–Trinajstić information content (AvgIpc) is 2.91. The fourth-order valence-corrected chi connectivity index (χ4v) is 2.25. The SMILES string of the molecule is O=C(Cc1ccncc1)Nc1ccc2[nH]c(C(F)(F)F)cc2c1. The van der Waals surface area contributed by atoms with E-state index < -0.39 is 11.9 Å². The van der Waals surface area contributed by atoms with Crippen molar-refractivity contribution in [2.45, 2.75) is 12.6 Å². The number of nitrogens with zero attached hydrogens (tertiary/aromatic N) is 1. The summed E-state index contributed by atoms with van der Waals surface area (Å²) in [5, 5.41) is 3.06. The highest BCUT2D eigenvalue weighted by atomic mass is 19.4. The first kappa shape index (κ1) is 15.1. The number of anilines is 1. The van der Waals surface area contributed by atoms with Gasteiger partial charge in [-0.3, -0.25) is 9.78 Å². The van der Waals surface area contributed by atoms with Crippen LogP contribution in [-0.4, -0.2) is 15.9 Å². The molecular weight excluding hydrogens is 307 g/mol. The van der Waals surface area contributed by atoms with Crippen molar-refractivity contribution in [1.82, 2.24) is 9.97 Å². The second kappa shape index (κ2) is 5.75. The van der Waals surface area contributed by atoms with Gasteiger partial charge < -0.3 is 10.3 Å². The van der Waals surface area contributed by atoms with E-state index in [-0.39, 0.29) is 12.3 Å². The number of pyridine rings is 1. The summed E-state index contributed by atoms with van der Waals surface area (Å²) in [6.07, 6.45) is -1.08. The highest BCUT2D eigenvalue weighted by Crippen LogP contribution is 2.31. The van der Waals surface area contributed by atoms with Crippen LogP contribution in [-0.2, 0) is 17.4 Å². The lowest BCUT2D eigenvalue weighted by Gasteiger charge is -2.05. The standard InChI is InChI=1S/C16H12F3N3O/c17-16(18,19)14-9-11-8-12(1-2-13(11)22-14)21-15(23)7-10-3-5-20-6-4-10/h1-6,8-9,22H,7H2,(H,21,23). The van der Waals surface area contributed by atoms with Gasteiger partial charge in [0, 0.05) is 29.0 Å². The van der Waals surface area contributed by atoms with E-state index in [1.165, 1.54) is 12.1 Å². The molecule has 0 bridgehead atoms. The predicted molar refractivity (Wildman–Crippen MR) is 79.9 cm³/mol. The number of amides is 1. The van der Waals surface area contributed by atoms with Crippen LogP contribution in [0.5, 0.6) is 0 Å². The number of carbonyl (C=O) groups excluding carboxylic acids is 1. The number of hydrogen-bond donors (Lipinski definition) is 2. The minimum absolute atomic E-state index is 0.168. The van der Waals surface area contributed by atoms with Gasteiger partial charge in [-0.1, -0.05) is 0 Å². The van der Waals surface area contributed by atoms with Gasteiger partial charge in [0.1, 0.15) is 5.69 Å². The largest absolute Gasteiger partial charge is 0.431 e. The summed E-state index contributed by atoms with van der Waals surface area (Å²) < 4.78 is 38.0. The number of hydrogen-bond acceptors (Lipinski definition) is 2. The van der Waals surface area contributed by atoms with Crippen molar-refractivity contribution in [3.8, 4) is 0 Å². The molecule has 23 heavy (non-hydrogen) atoms. The highest BCUT2D eigenvalue weighted by molar-refractivity contribution is 5.95. The van der Waals surface area contributed by atoms with Crippen molar-refractivity contribution in [3.63, 3.8) is 0 Å². The molecule has 0 atom stereocenters. The van der Waals surface area contributed by atoms with Gasteiger partial charge in [0.2, 0.25) is 5.91 Å². The summed E-state index contributed by atoms with van der Waals surface area (Å²) in [5.74, 6) is -0.248. The molecule has 0 fully saturated rings. The quantitative estimate of drug-likeness (QED) is 0.772. The molecule has 0 unspecified atom stereocenters. The number of rotatable bonds is 3. The second-order valence-electron chi connectivity index (χ2n) is 5.06. The van der Waals surface area contributed by atoms with Crippen LogP contribution < -0.4 is 5.32 Å². The van der Waals surface area contributed by atoms with E-state index in [1.54, 1.807) is 30.6 Å². The lowest BCUT2D eigenvalue weighted by Crippen LogP contribution is -2.14. The number of aromatic amines is 1. The maximum Gasteiger partial charge on any atom is 0.431 e. The van der Waals surface area contributed by atoms with Crippen LogP contribution in [0.25, 0.3) is 10.9 Å². The van der Waals surface area contributed by atoms with E-state index >= 15 is 0 Å². The van der Waals surface area contributed by atoms with Crippen molar-refractivity contribution in [2.24, 2.45) is 0 Å². The number of benzene rings is 1. The van der Waals surface area contributed by atoms with E-state index in [4.69, 9.17) is 0 Å². The Bertz CT molecular complexity index is 841. The van der Waals surface area contributed by atoms with Crippen LogP contribution in [0.4, 0.5) is 18.9 Å². The summed E-state index contributed by atoms with van der Waals surface area (Å²) in [7, 11) is 0. The van der Waals surface area contributed by atoms with Gasteiger partial charge in [0.05, 0.1) is 6.42 Å². The van der Waals surface area contributed by atoms with E-state index in [0.717, 1.165) is 11.6 Å². The predicted octanol–water partition coefficient (Wildman–Crippen LogP) is 3.76. The van der Waals surface area contributed by atoms with Crippen LogP contribution in [0.1, 0.15) is 11.3 Å². The molecule has 2 aromatic heterocycles. The van der Waals surface area contributed by atoms with Gasteiger partial charge in [-0.05, 0) is 42.0 Å². The molecule has 0 aliphatic heterocycles. The zero-order chi connectivity index (χ0) is 16.4. The summed E-state index contributed by atoms with van der Waals surface area (Å²) in [6.45, 7) is 0. The van der Waals surface area contributed by atoms with Crippen molar-refractivity contribution in [2.75, 3.05) is 5.32 Å². The number of H-pyrrole nitrogens is 1. The molecule has 0 saturated heterocycles. The van der Waals surface area contributed by atoms with Gasteiger partial charge in [-0.25, -0.2) is 0 Å². The number of carbonyl (C=O) groups is 1. The Kier molecular flexibility index (Phi) is 3.77. The zero-order valence-corrected chi connectivity index (χ0v) is 11.8. The first-order chi connectivity index (χ1) is 10.9. The minimum atomic E-state index is -4.43. The molecule has 1 amide bonds. The van der Waals surface area contributed by atoms with Crippen molar-refractivity contribution in [1.29, 1.82) is 0 Å². The van der Waals surface area contributed by atoms with E-state index in [1.807, 2.05) is 0 Å². The van der Waals surface area contributed by atoms with Gasteiger partial charge in [-0.15, -0.1) is 0 Å². The molecule has 0 spiro atoms. The summed E-state index contributed by atoms with van der Waals surface area (Å²) in [4.78, 5) is 18.1. The second-order valence-corrected chi connectivity index (χ2v) is 5.06. The fraction of sp³-hybridized carbons (Fsp3) is 0.125. The third-order valence-electron chi connectivity index (χ3n) is 3.32. The van der Waals surface area contributed by atoms with Gasteiger partial charge in [0.15, 0.2) is 0 Å². The van der Waals surface area contributed by atoms with Crippen LogP contribution in [0.2, 0.25) is 0 Å². The van der Waals surface area contributed by atoms with E-state index in [9.17, 15) is 18.0 Å². The Hall–Kier alpha value is -2.83. The van der Waals surface area contributed by atoms with Crippen LogP contribution in [0, 0.1) is 0 Å². The maximum atomic E-state index is 12.7. The number of halogens is 3. The third-order valence-corrected chi connectivity index (χ3v) is 3.32. The monoisotopic (exact) mass is 319 g/mol. The first-order valence-corrected chi connectivity index (χ1v) is 6.80. The highest BCUT2D eigenvalue weighted by Gasteiger charge is 2.32. The molecule has 1 aromatic carbocycles. The normalized spacial score (nSPS) is 11.6. The van der Waals surface area contributed by atoms with Crippen LogP contribution >= 0.6 is 0 Å². The van der Waals surface area contributed by atoms with E-state index in [0.29, 0.717) is 16.6 Å². The third kappa shape index (κ3) is 3.50. The Morgan fingerprint density at radius 2 is 1.87 bits per heavy atom. The Labute approximate surface area is 129 Å². The first-order valence-electron chi connectivity index (χ1n) is 6.80. The molecule has 118 valence electrons. The lowest BCUT2D eigenvalue weighted by molar-refractivity contribution is -0.140. The van der Waals surface area contributed by atoms with Crippen LogP contribution in [0.15, 0.2) is 48.8 Å². The number of aromatic nitrogens is 2. The van der Waals surface area contributed by atoms with Gasteiger partial charge in [0.25, 0.3) is 0 Å². The zero-order valence-electron chi connectivity index (χ0n) is 11.8. The Morgan fingerprint density at radius 1 is 1.13 bits per heavy atom. The average molecular weight is 319 g/mol. The maximum absolute atomic E-state index is 12.7. The topological polar surface area (TPSA) is 57.8 Å². The van der Waals surface area contributed by atoms with Crippen molar-refractivity contribution >= 4 is 22.5 Å². The summed E-state index contributed by atoms with van der Waals surface area (Å²) in [6, 6.07) is 9.05. The molecule has 3 aromatic rings. The summed E-state index contributed by atoms with van der Waals surface area (Å²) in [5.41, 5.74) is 0.807. The van der Waals surface area contributed by atoms with Crippen LogP contribution in [0.3, 0.4) is 0 Å². The van der Waals surface area contributed by atoms with Crippen molar-refractivity contribution in [3.05, 3.63) is 60.0 Å². The van der Waals surface area contributed by atoms with Gasteiger partial charge in [-0.2, -0.15) is 13.2 Å². The molecule has 4 nitrogen and oxygen atoms in total. The molecule has 2 heterocycles. The molecule has 2 N–H and O–H groups in total. The Balaban J connectivity index is 1.77. The molecule has 0 saturated carbocycles. The number of nitrogens with one attached hydrogen (secondary N) is 2. The molecule has 0 radical (unpaired) electrons. The number of alkyl halides is 3. The summed E-state index contributed by atoms with van der Waals surface area (Å²) >= 11 is 0. The lowest BCUT2D eigenvalue weighted by atomic mass is 10.2. The minimum Gasteiger partial charge on any atom is -0.351 e. The molecule has 0 aliphatic carbocycles. The van der Waals surface area contributed by atoms with Gasteiger partial charge >= 0.3 is 6.18 Å². The molecule has 7 heteroatoms. The molecule has 3 rings (SSSR count). The Morgan fingerprint density at radius 3 is 2.57 bits per heavy atom. The van der Waals surface area contributed by atoms with Crippen molar-refractivity contribution < 1.29 is 18.0 Å². The van der Waals surface area contributed by atoms with E-state index in [2.05, 4.69) is 15.3 Å². The number of fused-ring (bicyclic) bond motifs is 1. The molecule has 0 aliphatic rings.